The molecule has 0 fully saturated rings. The van der Waals surface area contributed by atoms with Gasteiger partial charge in [-0.25, -0.2) is 0 Å². The van der Waals surface area contributed by atoms with E-state index >= 15 is 0 Å². The van der Waals surface area contributed by atoms with Crippen LogP contribution in [-0.4, -0.2) is 0 Å². The fourth-order valence-corrected chi connectivity index (χ4v) is 2.25. The second-order valence-electron chi connectivity index (χ2n) is 5.12. The molecule has 18 heavy (non-hydrogen) atoms. The van der Waals surface area contributed by atoms with Gasteiger partial charge in [0.05, 0.1) is 11.9 Å². The summed E-state index contributed by atoms with van der Waals surface area (Å²) in [5.74, 6) is 1.06. The molecule has 0 spiro atoms. The van der Waals surface area contributed by atoms with Crippen LogP contribution in [0.1, 0.15) is 78.1 Å². The minimum atomic E-state index is 1.04. The molecule has 0 aromatic carbocycles. The predicted octanol–water partition coefficient (Wildman–Crippen LogP) is 5.24. The molecule has 0 aliphatic carbocycles. The SMILES string of the molecule is CCCCCCCCCCCC1=C(C)[N]C=CO1. The molecule has 1 rings (SSSR count). The quantitative estimate of drug-likeness (QED) is 0.486. The molecule has 1 aliphatic rings. The van der Waals surface area contributed by atoms with E-state index in [1.807, 2.05) is 6.92 Å². The summed E-state index contributed by atoms with van der Waals surface area (Å²) in [6.07, 6.45) is 16.7. The van der Waals surface area contributed by atoms with Gasteiger partial charge in [-0.2, -0.15) is 0 Å². The standard InChI is InChI=1S/C16H28NO/c1-3-4-5-6-7-8-9-10-11-12-16-15(2)17-13-14-18-16/h13-14H,3-12H2,1-2H3. The van der Waals surface area contributed by atoms with Crippen LogP contribution in [0.5, 0.6) is 0 Å². The first-order valence-electron chi connectivity index (χ1n) is 7.57. The molecule has 103 valence electrons. The molecule has 2 nitrogen and oxygen atoms in total. The Balaban J connectivity index is 1.89. The Morgan fingerprint density at radius 3 is 2.17 bits per heavy atom. The summed E-state index contributed by atoms with van der Waals surface area (Å²) < 4.78 is 5.47. The lowest BCUT2D eigenvalue weighted by Crippen LogP contribution is -2.04. The van der Waals surface area contributed by atoms with Crippen LogP contribution in [0.25, 0.3) is 0 Å². The molecule has 0 atom stereocenters. The van der Waals surface area contributed by atoms with Gasteiger partial charge in [0.1, 0.15) is 12.0 Å². The van der Waals surface area contributed by atoms with Gasteiger partial charge < -0.3 is 4.74 Å². The van der Waals surface area contributed by atoms with Gasteiger partial charge in [0.25, 0.3) is 0 Å². The van der Waals surface area contributed by atoms with Crippen LogP contribution < -0.4 is 5.32 Å². The molecule has 2 heteroatoms. The van der Waals surface area contributed by atoms with Gasteiger partial charge in [0.15, 0.2) is 0 Å². The second-order valence-corrected chi connectivity index (χ2v) is 5.12. The zero-order valence-corrected chi connectivity index (χ0v) is 12.1. The number of rotatable bonds is 10. The molecule has 0 saturated heterocycles. The maximum Gasteiger partial charge on any atom is 0.124 e. The Morgan fingerprint density at radius 1 is 0.944 bits per heavy atom. The van der Waals surface area contributed by atoms with E-state index in [0.717, 1.165) is 17.9 Å². The average molecular weight is 250 g/mol. The topological polar surface area (TPSA) is 23.3 Å². The molecule has 0 saturated carbocycles. The Hall–Kier alpha value is -0.920. The third-order valence-corrected chi connectivity index (χ3v) is 3.45. The van der Waals surface area contributed by atoms with Gasteiger partial charge in [-0.05, 0) is 13.3 Å². The fourth-order valence-electron chi connectivity index (χ4n) is 2.25. The molecule has 0 aromatic heterocycles. The number of ether oxygens (including phenoxy) is 1. The number of unbranched alkanes of at least 4 members (excludes halogenated alkanes) is 8. The lowest BCUT2D eigenvalue weighted by atomic mass is 10.1. The lowest BCUT2D eigenvalue weighted by Gasteiger charge is -2.13. The van der Waals surface area contributed by atoms with Crippen LogP contribution in [0.4, 0.5) is 0 Å². The largest absolute Gasteiger partial charge is 0.466 e. The Morgan fingerprint density at radius 2 is 1.56 bits per heavy atom. The van der Waals surface area contributed by atoms with E-state index in [4.69, 9.17) is 4.74 Å². The lowest BCUT2D eigenvalue weighted by molar-refractivity contribution is 0.308. The highest BCUT2D eigenvalue weighted by molar-refractivity contribution is 5.10. The van der Waals surface area contributed by atoms with Gasteiger partial charge in [0, 0.05) is 6.42 Å². The van der Waals surface area contributed by atoms with E-state index in [-0.39, 0.29) is 0 Å². The Bertz CT molecular complexity index is 268. The van der Waals surface area contributed by atoms with Crippen LogP contribution in [0, 0.1) is 0 Å². The highest BCUT2D eigenvalue weighted by atomic mass is 16.5. The summed E-state index contributed by atoms with van der Waals surface area (Å²) in [4.78, 5) is 0. The van der Waals surface area contributed by atoms with Crippen molar-refractivity contribution in [3.63, 3.8) is 0 Å². The van der Waals surface area contributed by atoms with E-state index in [0.29, 0.717) is 0 Å². The van der Waals surface area contributed by atoms with Crippen molar-refractivity contribution in [1.82, 2.24) is 5.32 Å². The second kappa shape index (κ2) is 10.0. The van der Waals surface area contributed by atoms with E-state index in [9.17, 15) is 0 Å². The number of hydrogen-bond donors (Lipinski definition) is 0. The summed E-state index contributed by atoms with van der Waals surface area (Å²) in [7, 11) is 0. The zero-order chi connectivity index (χ0) is 13.1. The van der Waals surface area contributed by atoms with E-state index in [1.54, 1.807) is 12.5 Å². The maximum atomic E-state index is 5.47. The molecule has 0 aromatic rings. The third kappa shape index (κ3) is 6.73. The zero-order valence-electron chi connectivity index (χ0n) is 12.1. The first-order valence-corrected chi connectivity index (χ1v) is 7.57. The van der Waals surface area contributed by atoms with E-state index in [1.165, 1.54) is 57.8 Å². The van der Waals surface area contributed by atoms with Crippen LogP contribution in [0.3, 0.4) is 0 Å². The third-order valence-electron chi connectivity index (χ3n) is 3.45. The molecular weight excluding hydrogens is 222 g/mol. The molecule has 1 radical (unpaired) electrons. The van der Waals surface area contributed by atoms with Crippen molar-refractivity contribution < 1.29 is 4.74 Å². The van der Waals surface area contributed by atoms with Crippen LogP contribution in [-0.2, 0) is 4.74 Å². The first-order chi connectivity index (χ1) is 8.84. The van der Waals surface area contributed by atoms with Gasteiger partial charge >= 0.3 is 0 Å². The highest BCUT2D eigenvalue weighted by Gasteiger charge is 2.06. The molecule has 1 aliphatic heterocycles. The minimum Gasteiger partial charge on any atom is -0.466 e. The number of nitrogens with zero attached hydrogens (tertiary/aromatic N) is 1. The Kier molecular flexibility index (Phi) is 8.45. The Labute approximate surface area is 112 Å². The fraction of sp³-hybridized carbons (Fsp3) is 0.750. The molecule has 0 bridgehead atoms. The van der Waals surface area contributed by atoms with Crippen molar-refractivity contribution in [2.75, 3.05) is 0 Å². The predicted molar refractivity (Wildman–Crippen MR) is 76.9 cm³/mol. The van der Waals surface area contributed by atoms with Gasteiger partial charge in [-0.3, -0.25) is 5.32 Å². The molecule has 0 unspecified atom stereocenters. The summed E-state index contributed by atoms with van der Waals surface area (Å²) in [6.45, 7) is 4.29. The van der Waals surface area contributed by atoms with Crippen molar-refractivity contribution in [3.8, 4) is 0 Å². The summed E-state index contributed by atoms with van der Waals surface area (Å²) in [5.41, 5.74) is 1.04. The van der Waals surface area contributed by atoms with Gasteiger partial charge in [-0.15, -0.1) is 0 Å². The summed E-state index contributed by atoms with van der Waals surface area (Å²) in [6, 6.07) is 0. The average Bonchev–Trinajstić information content (AvgIpc) is 2.39. The minimum absolute atomic E-state index is 1.04. The normalized spacial score (nSPS) is 14.6. The molecule has 0 amide bonds. The number of allylic oxidation sites excluding steroid dienone is 2. The highest BCUT2D eigenvalue weighted by Crippen LogP contribution is 2.18. The van der Waals surface area contributed by atoms with E-state index in [2.05, 4.69) is 12.2 Å². The van der Waals surface area contributed by atoms with Crippen molar-refractivity contribution in [2.45, 2.75) is 78.1 Å². The van der Waals surface area contributed by atoms with Crippen LogP contribution >= 0.6 is 0 Å². The van der Waals surface area contributed by atoms with Crippen molar-refractivity contribution in [3.05, 3.63) is 23.9 Å². The monoisotopic (exact) mass is 250 g/mol. The van der Waals surface area contributed by atoms with Crippen molar-refractivity contribution >= 4 is 0 Å². The smallest absolute Gasteiger partial charge is 0.124 e. The van der Waals surface area contributed by atoms with Gasteiger partial charge in [0.2, 0.25) is 0 Å². The summed E-state index contributed by atoms with van der Waals surface area (Å²) >= 11 is 0. The van der Waals surface area contributed by atoms with E-state index < -0.39 is 0 Å². The first kappa shape index (κ1) is 15.1. The maximum absolute atomic E-state index is 5.47. The number of hydrogen-bond acceptors (Lipinski definition) is 1. The summed E-state index contributed by atoms with van der Waals surface area (Å²) in [5, 5.41) is 4.24. The van der Waals surface area contributed by atoms with Gasteiger partial charge in [-0.1, -0.05) is 58.3 Å². The van der Waals surface area contributed by atoms with Crippen molar-refractivity contribution in [2.24, 2.45) is 0 Å². The van der Waals surface area contributed by atoms with Crippen LogP contribution in [0.15, 0.2) is 23.9 Å². The molecular formula is C16H28NO. The molecule has 0 N–H and O–H groups in total. The molecule has 1 heterocycles. The van der Waals surface area contributed by atoms with Crippen LogP contribution in [0.2, 0.25) is 0 Å². The van der Waals surface area contributed by atoms with Crippen molar-refractivity contribution in [1.29, 1.82) is 0 Å².